The molecule has 0 aliphatic carbocycles. The van der Waals surface area contributed by atoms with Gasteiger partial charge in [0.15, 0.2) is 0 Å². The van der Waals surface area contributed by atoms with Crippen molar-refractivity contribution in [1.82, 2.24) is 30.3 Å². The highest BCUT2D eigenvalue weighted by molar-refractivity contribution is 7.09. The summed E-state index contributed by atoms with van der Waals surface area (Å²) >= 11 is 1.60. The number of amides is 4. The molecule has 1 aromatic heterocycles. The lowest BCUT2D eigenvalue weighted by Crippen LogP contribution is -2.54. The molecule has 0 radical (unpaired) electrons. The standard InChI is InChI=1S/C36H58N6O5S/c1-26(2)23-42(17-14-29(22-28-12-10-9-11-13-28)38-35(45)47-36(5,6)7)33(43)31(15-16-41-18-20-46-21-19-41)39-34(44)40(8)24-30-25-48-32(37-30)27(3)4/h9-13,25-27,29,31H,14-24H2,1-8H3,(H,38,45)(H,39,44)/t29-,31-/m0/s1. The van der Waals surface area contributed by atoms with Crippen LogP contribution in [0, 0.1) is 5.92 Å². The van der Waals surface area contributed by atoms with E-state index < -0.39 is 17.7 Å². The molecule has 1 aromatic carbocycles. The zero-order valence-electron chi connectivity index (χ0n) is 30.3. The molecule has 1 aliphatic rings. The molecule has 3 rings (SSSR count). The van der Waals surface area contributed by atoms with Crippen molar-refractivity contribution < 1.29 is 23.9 Å². The van der Waals surface area contributed by atoms with Crippen molar-refractivity contribution in [2.24, 2.45) is 5.92 Å². The second kappa shape index (κ2) is 19.1. The maximum atomic E-state index is 14.4. The van der Waals surface area contributed by atoms with Crippen molar-refractivity contribution in [2.45, 2.75) is 97.9 Å². The van der Waals surface area contributed by atoms with Crippen LogP contribution < -0.4 is 10.6 Å². The summed E-state index contributed by atoms with van der Waals surface area (Å²) in [6.45, 7) is 18.7. The van der Waals surface area contributed by atoms with E-state index in [1.165, 1.54) is 0 Å². The topological polar surface area (TPSA) is 116 Å². The van der Waals surface area contributed by atoms with E-state index in [9.17, 15) is 14.4 Å². The number of carbonyl (C=O) groups excluding carboxylic acids is 3. The van der Waals surface area contributed by atoms with Gasteiger partial charge in [-0.2, -0.15) is 0 Å². The lowest BCUT2D eigenvalue weighted by molar-refractivity contribution is -0.134. The monoisotopic (exact) mass is 686 g/mol. The van der Waals surface area contributed by atoms with Crippen LogP contribution >= 0.6 is 11.3 Å². The van der Waals surface area contributed by atoms with Crippen molar-refractivity contribution >= 4 is 29.4 Å². The molecule has 0 spiro atoms. The summed E-state index contributed by atoms with van der Waals surface area (Å²) < 4.78 is 11.1. The van der Waals surface area contributed by atoms with Crippen molar-refractivity contribution in [2.75, 3.05) is 53.0 Å². The van der Waals surface area contributed by atoms with Crippen LogP contribution in [0.4, 0.5) is 9.59 Å². The third kappa shape index (κ3) is 14.1. The van der Waals surface area contributed by atoms with E-state index in [1.807, 2.05) is 61.4 Å². The van der Waals surface area contributed by atoms with Crippen LogP contribution in [0.3, 0.4) is 0 Å². The number of carbonyl (C=O) groups is 3. The molecule has 2 N–H and O–H groups in total. The number of rotatable bonds is 16. The highest BCUT2D eigenvalue weighted by Crippen LogP contribution is 2.20. The van der Waals surface area contributed by atoms with Crippen LogP contribution in [-0.4, -0.2) is 108 Å². The Balaban J connectivity index is 1.76. The van der Waals surface area contributed by atoms with E-state index in [-0.39, 0.29) is 23.9 Å². The first-order valence-electron chi connectivity index (χ1n) is 17.3. The Morgan fingerprint density at radius 3 is 2.33 bits per heavy atom. The Kier molecular flexibility index (Phi) is 15.6. The molecule has 4 amide bonds. The fraction of sp³-hybridized carbons (Fsp3) is 0.667. The van der Waals surface area contributed by atoms with E-state index in [0.717, 1.165) is 29.4 Å². The summed E-state index contributed by atoms with van der Waals surface area (Å²) in [5, 5.41) is 9.14. The molecule has 0 unspecified atom stereocenters. The molecule has 0 bridgehead atoms. The van der Waals surface area contributed by atoms with Crippen molar-refractivity contribution in [3.63, 3.8) is 0 Å². The van der Waals surface area contributed by atoms with Gasteiger partial charge in [0.25, 0.3) is 0 Å². The first kappa shape index (κ1) is 39.2. The minimum atomic E-state index is -0.713. The molecule has 2 atom stereocenters. The van der Waals surface area contributed by atoms with Crippen molar-refractivity contribution in [1.29, 1.82) is 0 Å². The van der Waals surface area contributed by atoms with Gasteiger partial charge < -0.3 is 29.9 Å². The number of nitrogens with zero attached hydrogens (tertiary/aromatic N) is 4. The van der Waals surface area contributed by atoms with E-state index in [4.69, 9.17) is 9.47 Å². The highest BCUT2D eigenvalue weighted by Gasteiger charge is 2.30. The van der Waals surface area contributed by atoms with E-state index in [2.05, 4.69) is 48.2 Å². The number of thiazole rings is 1. The first-order valence-corrected chi connectivity index (χ1v) is 18.2. The van der Waals surface area contributed by atoms with Gasteiger partial charge in [0.05, 0.1) is 30.5 Å². The highest BCUT2D eigenvalue weighted by atomic mass is 32.1. The fourth-order valence-corrected chi connectivity index (χ4v) is 6.32. The predicted octanol–water partition coefficient (Wildman–Crippen LogP) is 5.51. The molecule has 1 saturated heterocycles. The van der Waals surface area contributed by atoms with Crippen LogP contribution in [0.1, 0.15) is 83.5 Å². The SMILES string of the molecule is CC(C)CN(CC[C@@H](Cc1ccccc1)NC(=O)OC(C)(C)C)C(=O)[C@H](CCN1CCOCC1)NC(=O)N(C)Cc1csc(C(C)C)n1. The summed E-state index contributed by atoms with van der Waals surface area (Å²) in [5.41, 5.74) is 1.29. The van der Waals surface area contributed by atoms with Gasteiger partial charge in [-0.25, -0.2) is 14.6 Å². The fourth-order valence-electron chi connectivity index (χ4n) is 5.49. The molecular formula is C36H58N6O5S. The second-order valence-electron chi connectivity index (χ2n) is 14.4. The number of hydrogen-bond donors (Lipinski definition) is 2. The number of aromatic nitrogens is 1. The number of ether oxygens (including phenoxy) is 2. The molecule has 2 heterocycles. The second-order valence-corrected chi connectivity index (χ2v) is 15.3. The quantitative estimate of drug-likeness (QED) is 0.239. The van der Waals surface area contributed by atoms with Crippen molar-refractivity contribution in [3.8, 4) is 0 Å². The van der Waals surface area contributed by atoms with Crippen LogP contribution in [-0.2, 0) is 27.2 Å². The molecule has 0 saturated carbocycles. The molecule has 2 aromatic rings. The summed E-state index contributed by atoms with van der Waals surface area (Å²) in [6.07, 6.45) is 1.12. The van der Waals surface area contributed by atoms with Crippen LogP contribution in [0.15, 0.2) is 35.7 Å². The van der Waals surface area contributed by atoms with Gasteiger partial charge in [-0.05, 0) is 51.5 Å². The zero-order chi connectivity index (χ0) is 35.3. The van der Waals surface area contributed by atoms with E-state index in [0.29, 0.717) is 64.6 Å². The third-order valence-corrected chi connectivity index (χ3v) is 9.13. The van der Waals surface area contributed by atoms with Crippen molar-refractivity contribution in [3.05, 3.63) is 52.0 Å². The Morgan fingerprint density at radius 2 is 1.73 bits per heavy atom. The van der Waals surface area contributed by atoms with Gasteiger partial charge in [0.2, 0.25) is 5.91 Å². The minimum absolute atomic E-state index is 0.120. The summed E-state index contributed by atoms with van der Waals surface area (Å²) in [4.78, 5) is 51.1. The van der Waals surface area contributed by atoms with Crippen LogP contribution in [0.25, 0.3) is 0 Å². The predicted molar refractivity (Wildman–Crippen MR) is 191 cm³/mol. The number of morpholine rings is 1. The Morgan fingerprint density at radius 1 is 1.04 bits per heavy atom. The molecule has 12 heteroatoms. The average molecular weight is 687 g/mol. The Bertz CT molecular complexity index is 1280. The van der Waals surface area contributed by atoms with Gasteiger partial charge in [-0.15, -0.1) is 11.3 Å². The Labute approximate surface area is 291 Å². The molecule has 1 fully saturated rings. The molecule has 1 aliphatic heterocycles. The largest absolute Gasteiger partial charge is 0.444 e. The third-order valence-electron chi connectivity index (χ3n) is 7.93. The molecule has 11 nitrogen and oxygen atoms in total. The zero-order valence-corrected chi connectivity index (χ0v) is 31.1. The molecular weight excluding hydrogens is 629 g/mol. The number of urea groups is 1. The van der Waals surface area contributed by atoms with Gasteiger partial charge in [0, 0.05) is 57.1 Å². The molecule has 48 heavy (non-hydrogen) atoms. The van der Waals surface area contributed by atoms with Crippen LogP contribution in [0.2, 0.25) is 0 Å². The normalized spacial score (nSPS) is 15.2. The van der Waals surface area contributed by atoms with E-state index >= 15 is 0 Å². The minimum Gasteiger partial charge on any atom is -0.444 e. The lowest BCUT2D eigenvalue weighted by atomic mass is 10.0. The maximum absolute atomic E-state index is 14.4. The lowest BCUT2D eigenvalue weighted by Gasteiger charge is -2.33. The Hall–Kier alpha value is -3.22. The number of hydrogen-bond acceptors (Lipinski definition) is 8. The average Bonchev–Trinajstić information content (AvgIpc) is 3.49. The molecule has 268 valence electrons. The van der Waals surface area contributed by atoms with Gasteiger partial charge >= 0.3 is 12.1 Å². The van der Waals surface area contributed by atoms with Gasteiger partial charge in [-0.1, -0.05) is 58.0 Å². The number of benzene rings is 1. The van der Waals surface area contributed by atoms with Gasteiger partial charge in [0.1, 0.15) is 11.6 Å². The smallest absolute Gasteiger partial charge is 0.407 e. The maximum Gasteiger partial charge on any atom is 0.407 e. The van der Waals surface area contributed by atoms with Gasteiger partial charge in [-0.3, -0.25) is 9.69 Å². The summed E-state index contributed by atoms with van der Waals surface area (Å²) in [5.74, 6) is 0.409. The summed E-state index contributed by atoms with van der Waals surface area (Å²) in [6, 6.07) is 8.70. The number of nitrogens with one attached hydrogen (secondary N) is 2. The van der Waals surface area contributed by atoms with Crippen LogP contribution in [0.5, 0.6) is 0 Å². The van der Waals surface area contributed by atoms with E-state index in [1.54, 1.807) is 23.3 Å². The first-order chi connectivity index (χ1) is 22.7. The number of alkyl carbamates (subject to hydrolysis) is 1. The summed E-state index contributed by atoms with van der Waals surface area (Å²) in [7, 11) is 1.73.